The number of benzene rings is 2. The van der Waals surface area contributed by atoms with Gasteiger partial charge < -0.3 is 19.7 Å². The van der Waals surface area contributed by atoms with Crippen molar-refractivity contribution in [3.05, 3.63) is 60.7 Å². The summed E-state index contributed by atoms with van der Waals surface area (Å²) in [5.74, 6) is 2.22. The molecule has 1 fully saturated rings. The van der Waals surface area contributed by atoms with Crippen molar-refractivity contribution >= 4 is 17.4 Å². The summed E-state index contributed by atoms with van der Waals surface area (Å²) in [6.45, 7) is 1.47. The zero-order valence-electron chi connectivity index (χ0n) is 17.7. The molecule has 1 amide bonds. The number of methoxy groups -OCH3 is 2. The van der Waals surface area contributed by atoms with Crippen LogP contribution in [0.3, 0.4) is 0 Å². The van der Waals surface area contributed by atoms with Gasteiger partial charge in [0.2, 0.25) is 5.91 Å². The molecule has 0 radical (unpaired) electrons. The van der Waals surface area contributed by atoms with Crippen molar-refractivity contribution < 1.29 is 14.3 Å². The molecule has 1 N–H and O–H groups in total. The molecule has 7 heteroatoms. The Morgan fingerprint density at radius 3 is 2.52 bits per heavy atom. The Balaban J connectivity index is 1.42. The predicted molar refractivity (Wildman–Crippen MR) is 121 cm³/mol. The topological polar surface area (TPSA) is 76.6 Å². The summed E-state index contributed by atoms with van der Waals surface area (Å²) < 4.78 is 10.6. The third-order valence-corrected chi connectivity index (χ3v) is 5.51. The normalized spacial score (nSPS) is 15.9. The molecule has 1 aliphatic rings. The maximum Gasteiger partial charge on any atom is 0.229 e. The van der Waals surface area contributed by atoms with Gasteiger partial charge in [0.1, 0.15) is 11.5 Å². The van der Waals surface area contributed by atoms with Gasteiger partial charge in [0, 0.05) is 24.3 Å². The van der Waals surface area contributed by atoms with E-state index in [0.717, 1.165) is 53.6 Å². The molecule has 0 aliphatic carbocycles. The molecule has 2 aromatic carbocycles. The van der Waals surface area contributed by atoms with E-state index < -0.39 is 0 Å². The summed E-state index contributed by atoms with van der Waals surface area (Å²) in [7, 11) is 3.27. The van der Waals surface area contributed by atoms with Crippen LogP contribution in [-0.2, 0) is 4.79 Å². The summed E-state index contributed by atoms with van der Waals surface area (Å²) in [6, 6.07) is 19.0. The fraction of sp³-hybridized carbons (Fsp3) is 0.292. The van der Waals surface area contributed by atoms with Crippen molar-refractivity contribution in [3.8, 4) is 22.8 Å². The zero-order valence-corrected chi connectivity index (χ0v) is 17.7. The van der Waals surface area contributed by atoms with Gasteiger partial charge >= 0.3 is 0 Å². The van der Waals surface area contributed by atoms with Crippen molar-refractivity contribution in [3.63, 3.8) is 0 Å². The Kier molecular flexibility index (Phi) is 6.31. The van der Waals surface area contributed by atoms with E-state index in [1.54, 1.807) is 14.2 Å². The van der Waals surface area contributed by atoms with Gasteiger partial charge in [-0.25, -0.2) is 0 Å². The first-order valence-electron chi connectivity index (χ1n) is 10.3. The molecular formula is C24H26N4O3. The first-order chi connectivity index (χ1) is 15.2. The SMILES string of the molecule is COc1ccc(NC(=O)C2CCCN(c3ccc(-c4ccccc4OC)nn3)C2)cc1. The second kappa shape index (κ2) is 9.47. The standard InChI is InChI=1S/C24H26N4O3/c1-30-19-11-9-18(10-12-19)25-24(29)17-6-5-15-28(16-17)23-14-13-21(26-27-23)20-7-3-4-8-22(20)31-2/h3-4,7-14,17H,5-6,15-16H2,1-2H3,(H,25,29). The van der Waals surface area contributed by atoms with Crippen molar-refractivity contribution in [2.75, 3.05) is 37.5 Å². The number of nitrogens with zero attached hydrogens (tertiary/aromatic N) is 3. The maximum absolute atomic E-state index is 12.8. The largest absolute Gasteiger partial charge is 0.497 e. The Morgan fingerprint density at radius 2 is 1.81 bits per heavy atom. The van der Waals surface area contributed by atoms with Crippen molar-refractivity contribution in [2.45, 2.75) is 12.8 Å². The number of para-hydroxylation sites is 1. The van der Waals surface area contributed by atoms with Crippen molar-refractivity contribution in [1.29, 1.82) is 0 Å². The summed E-state index contributed by atoms with van der Waals surface area (Å²) in [4.78, 5) is 14.9. The molecule has 1 saturated heterocycles. The van der Waals surface area contributed by atoms with Gasteiger partial charge in [0.25, 0.3) is 0 Å². The quantitative estimate of drug-likeness (QED) is 0.652. The Hall–Kier alpha value is -3.61. The number of carbonyl (C=O) groups excluding carboxylic acids is 1. The Bertz CT molecular complexity index is 1020. The number of aromatic nitrogens is 2. The third kappa shape index (κ3) is 4.77. The van der Waals surface area contributed by atoms with E-state index in [4.69, 9.17) is 9.47 Å². The molecule has 1 unspecified atom stereocenters. The maximum atomic E-state index is 12.8. The monoisotopic (exact) mass is 418 g/mol. The Morgan fingerprint density at radius 1 is 1.00 bits per heavy atom. The predicted octanol–water partition coefficient (Wildman–Crippen LogP) is 4.02. The van der Waals surface area contributed by atoms with Gasteiger partial charge in [0.05, 0.1) is 25.8 Å². The highest BCUT2D eigenvalue weighted by atomic mass is 16.5. The van der Waals surface area contributed by atoms with Crippen LogP contribution in [0.1, 0.15) is 12.8 Å². The van der Waals surface area contributed by atoms with Crippen LogP contribution in [0.15, 0.2) is 60.7 Å². The minimum absolute atomic E-state index is 0.0217. The van der Waals surface area contributed by atoms with Crippen LogP contribution in [0, 0.1) is 5.92 Å². The summed E-state index contributed by atoms with van der Waals surface area (Å²) in [5.41, 5.74) is 2.43. The molecule has 0 spiro atoms. The van der Waals surface area contributed by atoms with Gasteiger partial charge in [-0.3, -0.25) is 4.79 Å². The number of anilines is 2. The van der Waals surface area contributed by atoms with Crippen LogP contribution in [0.2, 0.25) is 0 Å². The molecule has 3 aromatic rings. The molecule has 31 heavy (non-hydrogen) atoms. The van der Waals surface area contributed by atoms with Gasteiger partial charge in [-0.05, 0) is 61.4 Å². The molecule has 7 nitrogen and oxygen atoms in total. The smallest absolute Gasteiger partial charge is 0.229 e. The molecule has 0 saturated carbocycles. The van der Waals surface area contributed by atoms with Crippen LogP contribution >= 0.6 is 0 Å². The molecule has 2 heterocycles. The van der Waals surface area contributed by atoms with Crippen molar-refractivity contribution in [1.82, 2.24) is 10.2 Å². The number of hydrogen-bond donors (Lipinski definition) is 1. The number of ether oxygens (including phenoxy) is 2. The van der Waals surface area contributed by atoms with Crippen LogP contribution in [-0.4, -0.2) is 43.4 Å². The van der Waals surface area contributed by atoms with Crippen molar-refractivity contribution in [2.24, 2.45) is 5.92 Å². The number of piperidine rings is 1. The zero-order chi connectivity index (χ0) is 21.6. The molecule has 1 aliphatic heterocycles. The van der Waals surface area contributed by atoms with E-state index in [1.807, 2.05) is 60.7 Å². The molecular weight excluding hydrogens is 392 g/mol. The fourth-order valence-electron chi connectivity index (χ4n) is 3.81. The molecule has 1 atom stereocenters. The van der Waals surface area contributed by atoms with Crippen LogP contribution < -0.4 is 19.7 Å². The highest BCUT2D eigenvalue weighted by molar-refractivity contribution is 5.93. The van der Waals surface area contributed by atoms with E-state index in [1.165, 1.54) is 0 Å². The van der Waals surface area contributed by atoms with Gasteiger partial charge in [-0.15, -0.1) is 10.2 Å². The number of carbonyl (C=O) groups is 1. The molecule has 0 bridgehead atoms. The molecule has 1 aromatic heterocycles. The summed E-state index contributed by atoms with van der Waals surface area (Å²) in [5, 5.41) is 11.8. The van der Waals surface area contributed by atoms with E-state index in [2.05, 4.69) is 20.4 Å². The minimum Gasteiger partial charge on any atom is -0.497 e. The lowest BCUT2D eigenvalue weighted by Crippen LogP contribution is -2.41. The average molecular weight is 418 g/mol. The summed E-state index contributed by atoms with van der Waals surface area (Å²) in [6.07, 6.45) is 1.78. The third-order valence-electron chi connectivity index (χ3n) is 5.51. The first kappa shape index (κ1) is 20.7. The van der Waals surface area contributed by atoms with Crippen LogP contribution in [0.5, 0.6) is 11.5 Å². The van der Waals surface area contributed by atoms with Crippen LogP contribution in [0.25, 0.3) is 11.3 Å². The molecule has 160 valence electrons. The average Bonchev–Trinajstić information content (AvgIpc) is 2.84. The summed E-state index contributed by atoms with van der Waals surface area (Å²) >= 11 is 0. The lowest BCUT2D eigenvalue weighted by atomic mass is 9.97. The van der Waals surface area contributed by atoms with E-state index >= 15 is 0 Å². The van der Waals surface area contributed by atoms with E-state index in [9.17, 15) is 4.79 Å². The number of hydrogen-bond acceptors (Lipinski definition) is 6. The second-order valence-corrected chi connectivity index (χ2v) is 7.48. The lowest BCUT2D eigenvalue weighted by Gasteiger charge is -2.32. The van der Waals surface area contributed by atoms with Gasteiger partial charge in [-0.1, -0.05) is 12.1 Å². The highest BCUT2D eigenvalue weighted by Crippen LogP contribution is 2.29. The number of nitrogens with one attached hydrogen (secondary N) is 1. The Labute approximate surface area is 182 Å². The highest BCUT2D eigenvalue weighted by Gasteiger charge is 2.27. The van der Waals surface area contributed by atoms with E-state index in [0.29, 0.717) is 6.54 Å². The lowest BCUT2D eigenvalue weighted by molar-refractivity contribution is -0.120. The molecule has 4 rings (SSSR count). The minimum atomic E-state index is -0.105. The van der Waals surface area contributed by atoms with Gasteiger partial charge in [0.15, 0.2) is 5.82 Å². The first-order valence-corrected chi connectivity index (χ1v) is 10.3. The van der Waals surface area contributed by atoms with Crippen LogP contribution in [0.4, 0.5) is 11.5 Å². The number of rotatable bonds is 6. The number of amides is 1. The van der Waals surface area contributed by atoms with E-state index in [-0.39, 0.29) is 11.8 Å². The fourth-order valence-corrected chi connectivity index (χ4v) is 3.81. The van der Waals surface area contributed by atoms with Gasteiger partial charge in [-0.2, -0.15) is 0 Å². The second-order valence-electron chi connectivity index (χ2n) is 7.48.